The maximum Gasteiger partial charge on any atom is 0.119 e. The summed E-state index contributed by atoms with van der Waals surface area (Å²) >= 11 is 0. The second-order valence-corrected chi connectivity index (χ2v) is 4.71. The molecule has 102 valence electrons. The predicted octanol–water partition coefficient (Wildman–Crippen LogP) is 4.74. The SMILES string of the molecule is CCCCCCCOc1ccc(C(C)OC)cc1. The molecule has 2 heteroatoms. The number of hydrogen-bond acceptors (Lipinski definition) is 2. The standard InChI is InChI=1S/C16H26O2/c1-4-5-6-7-8-13-18-16-11-9-15(10-12-16)14(2)17-3/h9-12,14H,4-8,13H2,1-3H3. The Labute approximate surface area is 111 Å². The Hall–Kier alpha value is -1.02. The average molecular weight is 250 g/mol. The number of benzene rings is 1. The van der Waals surface area contributed by atoms with E-state index in [1.54, 1.807) is 7.11 Å². The zero-order valence-corrected chi connectivity index (χ0v) is 11.9. The van der Waals surface area contributed by atoms with E-state index in [1.165, 1.54) is 31.2 Å². The summed E-state index contributed by atoms with van der Waals surface area (Å²) in [6, 6.07) is 8.19. The molecule has 0 amide bonds. The second kappa shape index (κ2) is 8.98. The lowest BCUT2D eigenvalue weighted by molar-refractivity contribution is 0.119. The maximum absolute atomic E-state index is 5.71. The van der Waals surface area contributed by atoms with Gasteiger partial charge in [-0.25, -0.2) is 0 Å². The molecule has 0 aliphatic carbocycles. The van der Waals surface area contributed by atoms with Gasteiger partial charge in [-0.05, 0) is 31.0 Å². The fourth-order valence-electron chi connectivity index (χ4n) is 1.87. The van der Waals surface area contributed by atoms with Crippen molar-refractivity contribution in [2.24, 2.45) is 0 Å². The van der Waals surface area contributed by atoms with E-state index in [0.717, 1.165) is 18.8 Å². The van der Waals surface area contributed by atoms with Crippen LogP contribution in [0.15, 0.2) is 24.3 Å². The van der Waals surface area contributed by atoms with Crippen LogP contribution in [0, 0.1) is 0 Å². The van der Waals surface area contributed by atoms with E-state index in [9.17, 15) is 0 Å². The van der Waals surface area contributed by atoms with Crippen molar-refractivity contribution >= 4 is 0 Å². The molecule has 0 fully saturated rings. The first-order valence-electron chi connectivity index (χ1n) is 7.03. The largest absolute Gasteiger partial charge is 0.494 e. The van der Waals surface area contributed by atoms with Crippen LogP contribution in [-0.4, -0.2) is 13.7 Å². The van der Waals surface area contributed by atoms with Gasteiger partial charge in [0.25, 0.3) is 0 Å². The highest BCUT2D eigenvalue weighted by atomic mass is 16.5. The van der Waals surface area contributed by atoms with Crippen LogP contribution in [-0.2, 0) is 4.74 Å². The normalized spacial score (nSPS) is 12.4. The van der Waals surface area contributed by atoms with Gasteiger partial charge in [-0.15, -0.1) is 0 Å². The van der Waals surface area contributed by atoms with E-state index in [1.807, 2.05) is 19.1 Å². The molecular formula is C16H26O2. The molecule has 1 unspecified atom stereocenters. The number of ether oxygens (including phenoxy) is 2. The lowest BCUT2D eigenvalue weighted by Crippen LogP contribution is -1.99. The van der Waals surface area contributed by atoms with Crippen LogP contribution in [0.3, 0.4) is 0 Å². The second-order valence-electron chi connectivity index (χ2n) is 4.71. The Morgan fingerprint density at radius 3 is 2.28 bits per heavy atom. The number of hydrogen-bond donors (Lipinski definition) is 0. The highest BCUT2D eigenvalue weighted by Crippen LogP contribution is 2.19. The number of unbranched alkanes of at least 4 members (excludes halogenated alkanes) is 4. The zero-order valence-electron chi connectivity index (χ0n) is 11.9. The first kappa shape index (κ1) is 15.0. The van der Waals surface area contributed by atoms with Crippen molar-refractivity contribution < 1.29 is 9.47 Å². The third-order valence-corrected chi connectivity index (χ3v) is 3.22. The average Bonchev–Trinajstić information content (AvgIpc) is 2.42. The van der Waals surface area contributed by atoms with Gasteiger partial charge in [0.1, 0.15) is 5.75 Å². The monoisotopic (exact) mass is 250 g/mol. The van der Waals surface area contributed by atoms with E-state index in [4.69, 9.17) is 9.47 Å². The lowest BCUT2D eigenvalue weighted by Gasteiger charge is -2.11. The highest BCUT2D eigenvalue weighted by Gasteiger charge is 2.03. The van der Waals surface area contributed by atoms with Gasteiger partial charge in [-0.1, -0.05) is 44.7 Å². The van der Waals surface area contributed by atoms with Crippen LogP contribution in [0.4, 0.5) is 0 Å². The molecule has 0 aliphatic rings. The van der Waals surface area contributed by atoms with Gasteiger partial charge < -0.3 is 9.47 Å². The Balaban J connectivity index is 2.22. The Kier molecular flexibility index (Phi) is 7.51. The molecule has 18 heavy (non-hydrogen) atoms. The Morgan fingerprint density at radius 2 is 1.67 bits per heavy atom. The molecule has 0 aromatic heterocycles. The smallest absolute Gasteiger partial charge is 0.119 e. The van der Waals surface area contributed by atoms with E-state index < -0.39 is 0 Å². The quantitative estimate of drug-likeness (QED) is 0.589. The predicted molar refractivity (Wildman–Crippen MR) is 76.1 cm³/mol. The number of methoxy groups -OCH3 is 1. The van der Waals surface area contributed by atoms with Crippen molar-refractivity contribution in [2.45, 2.75) is 52.1 Å². The van der Waals surface area contributed by atoms with E-state index in [-0.39, 0.29) is 6.10 Å². The molecular weight excluding hydrogens is 224 g/mol. The zero-order chi connectivity index (χ0) is 13.2. The molecule has 1 rings (SSSR count). The highest BCUT2D eigenvalue weighted by molar-refractivity contribution is 5.28. The summed E-state index contributed by atoms with van der Waals surface area (Å²) in [7, 11) is 1.73. The summed E-state index contributed by atoms with van der Waals surface area (Å²) < 4.78 is 11.0. The topological polar surface area (TPSA) is 18.5 Å². The third kappa shape index (κ3) is 5.54. The van der Waals surface area contributed by atoms with Crippen molar-refractivity contribution in [3.05, 3.63) is 29.8 Å². The molecule has 0 N–H and O–H groups in total. The molecule has 1 aromatic rings. The Morgan fingerprint density at radius 1 is 1.00 bits per heavy atom. The minimum absolute atomic E-state index is 0.146. The summed E-state index contributed by atoms with van der Waals surface area (Å²) in [5.41, 5.74) is 1.19. The molecule has 0 saturated carbocycles. The van der Waals surface area contributed by atoms with Gasteiger partial charge >= 0.3 is 0 Å². The van der Waals surface area contributed by atoms with Crippen molar-refractivity contribution in [3.8, 4) is 5.75 Å². The molecule has 1 atom stereocenters. The van der Waals surface area contributed by atoms with Crippen LogP contribution in [0.5, 0.6) is 5.75 Å². The molecule has 0 heterocycles. The molecule has 0 bridgehead atoms. The lowest BCUT2D eigenvalue weighted by atomic mass is 10.1. The van der Waals surface area contributed by atoms with Gasteiger partial charge in [0.05, 0.1) is 12.7 Å². The molecule has 0 radical (unpaired) electrons. The maximum atomic E-state index is 5.71. The van der Waals surface area contributed by atoms with E-state index in [0.29, 0.717) is 0 Å². The van der Waals surface area contributed by atoms with Crippen molar-refractivity contribution in [1.29, 1.82) is 0 Å². The van der Waals surface area contributed by atoms with Gasteiger partial charge in [0.2, 0.25) is 0 Å². The molecule has 2 nitrogen and oxygen atoms in total. The third-order valence-electron chi connectivity index (χ3n) is 3.22. The van der Waals surface area contributed by atoms with Gasteiger partial charge in [0.15, 0.2) is 0 Å². The summed E-state index contributed by atoms with van der Waals surface area (Å²) in [5, 5.41) is 0. The summed E-state index contributed by atoms with van der Waals surface area (Å²) in [6.45, 7) is 5.10. The summed E-state index contributed by atoms with van der Waals surface area (Å²) in [5.74, 6) is 0.956. The molecule has 1 aromatic carbocycles. The van der Waals surface area contributed by atoms with Crippen molar-refractivity contribution in [2.75, 3.05) is 13.7 Å². The number of rotatable bonds is 9. The van der Waals surface area contributed by atoms with E-state index >= 15 is 0 Å². The van der Waals surface area contributed by atoms with Gasteiger partial charge in [-0.3, -0.25) is 0 Å². The summed E-state index contributed by atoms with van der Waals surface area (Å²) in [4.78, 5) is 0. The van der Waals surface area contributed by atoms with Crippen molar-refractivity contribution in [3.63, 3.8) is 0 Å². The van der Waals surface area contributed by atoms with Gasteiger partial charge in [-0.2, -0.15) is 0 Å². The van der Waals surface area contributed by atoms with Crippen LogP contribution in [0.25, 0.3) is 0 Å². The molecule has 0 saturated heterocycles. The minimum Gasteiger partial charge on any atom is -0.494 e. The van der Waals surface area contributed by atoms with Crippen LogP contribution < -0.4 is 4.74 Å². The molecule has 0 aliphatic heterocycles. The first-order chi connectivity index (χ1) is 8.77. The van der Waals surface area contributed by atoms with Crippen LogP contribution >= 0.6 is 0 Å². The van der Waals surface area contributed by atoms with E-state index in [2.05, 4.69) is 19.1 Å². The minimum atomic E-state index is 0.146. The summed E-state index contributed by atoms with van der Waals surface area (Å²) in [6.07, 6.45) is 6.52. The first-order valence-corrected chi connectivity index (χ1v) is 7.03. The Bertz CT molecular complexity index is 305. The fraction of sp³-hybridized carbons (Fsp3) is 0.625. The van der Waals surface area contributed by atoms with Crippen LogP contribution in [0.1, 0.15) is 57.6 Å². The van der Waals surface area contributed by atoms with Gasteiger partial charge in [0, 0.05) is 7.11 Å². The van der Waals surface area contributed by atoms with Crippen molar-refractivity contribution in [1.82, 2.24) is 0 Å². The fourth-order valence-corrected chi connectivity index (χ4v) is 1.87. The van der Waals surface area contributed by atoms with Crippen LogP contribution in [0.2, 0.25) is 0 Å². The molecule has 0 spiro atoms.